The summed E-state index contributed by atoms with van der Waals surface area (Å²) in [6, 6.07) is 24.3. The van der Waals surface area contributed by atoms with Crippen LogP contribution in [0.4, 0.5) is 5.69 Å². The lowest BCUT2D eigenvalue weighted by molar-refractivity contribution is -0.125. The second-order valence-corrected chi connectivity index (χ2v) is 8.89. The van der Waals surface area contributed by atoms with Crippen molar-refractivity contribution in [3.05, 3.63) is 78.4 Å². The Morgan fingerprint density at radius 3 is 2.41 bits per heavy atom. The van der Waals surface area contributed by atoms with Crippen molar-refractivity contribution in [3.63, 3.8) is 0 Å². The van der Waals surface area contributed by atoms with Crippen LogP contribution in [-0.4, -0.2) is 48.4 Å². The van der Waals surface area contributed by atoms with Gasteiger partial charge in [0.2, 0.25) is 5.91 Å². The number of nitrogens with one attached hydrogen (secondary N) is 1. The van der Waals surface area contributed by atoms with E-state index in [9.17, 15) is 9.59 Å². The number of carbonyl (C=O) groups is 2. The second-order valence-electron chi connectivity index (χ2n) is 8.89. The summed E-state index contributed by atoms with van der Waals surface area (Å²) in [5, 5.41) is 5.32. The molecular formula is C27H29N3O2. The zero-order chi connectivity index (χ0) is 22.0. The number of piperidine rings is 1. The van der Waals surface area contributed by atoms with Crippen molar-refractivity contribution in [1.82, 2.24) is 10.2 Å². The first-order valence-corrected chi connectivity index (χ1v) is 11.5. The van der Waals surface area contributed by atoms with Crippen molar-refractivity contribution < 1.29 is 9.59 Å². The van der Waals surface area contributed by atoms with Gasteiger partial charge < -0.3 is 15.1 Å². The molecule has 0 unspecified atom stereocenters. The molecule has 3 aromatic rings. The normalized spacial score (nSPS) is 18.2. The van der Waals surface area contributed by atoms with Crippen LogP contribution in [0, 0.1) is 0 Å². The SMILES string of the molecule is O=C(CCCN1CCC2(CC1)C(=O)NCN2c1ccccc1)c1ccc2ccccc2c1. The van der Waals surface area contributed by atoms with Crippen molar-refractivity contribution in [2.24, 2.45) is 0 Å². The Balaban J connectivity index is 1.15. The lowest BCUT2D eigenvalue weighted by Gasteiger charge is -2.43. The van der Waals surface area contributed by atoms with Gasteiger partial charge in [-0.15, -0.1) is 0 Å². The standard InChI is InChI=1S/C27H29N3O2/c31-25(23-13-12-21-7-4-5-8-22(21)19-23)11-6-16-29-17-14-27(15-18-29)26(32)28-20-30(27)24-9-2-1-3-10-24/h1-5,7-10,12-13,19H,6,11,14-18,20H2,(H,28,32). The molecule has 0 aliphatic carbocycles. The van der Waals surface area contributed by atoms with Gasteiger partial charge in [0.05, 0.1) is 6.67 Å². The highest BCUT2D eigenvalue weighted by Gasteiger charge is 2.50. The van der Waals surface area contributed by atoms with E-state index >= 15 is 0 Å². The first-order chi connectivity index (χ1) is 15.7. The van der Waals surface area contributed by atoms with E-state index in [2.05, 4.69) is 33.3 Å². The van der Waals surface area contributed by atoms with Gasteiger partial charge >= 0.3 is 0 Å². The van der Waals surface area contributed by atoms with Crippen molar-refractivity contribution >= 4 is 28.2 Å². The largest absolute Gasteiger partial charge is 0.339 e. The number of benzene rings is 3. The number of rotatable bonds is 6. The first kappa shape index (κ1) is 20.7. The van der Waals surface area contributed by atoms with Crippen LogP contribution < -0.4 is 10.2 Å². The molecule has 2 saturated heterocycles. The highest BCUT2D eigenvalue weighted by atomic mass is 16.2. The molecule has 2 heterocycles. The minimum atomic E-state index is -0.446. The Morgan fingerprint density at radius 1 is 0.906 bits per heavy atom. The van der Waals surface area contributed by atoms with Crippen LogP contribution in [0.5, 0.6) is 0 Å². The van der Waals surface area contributed by atoms with Gasteiger partial charge in [-0.25, -0.2) is 0 Å². The Bertz CT molecular complexity index is 1120. The van der Waals surface area contributed by atoms with Gasteiger partial charge in [-0.05, 0) is 54.8 Å². The van der Waals surface area contributed by atoms with Crippen molar-refractivity contribution in [1.29, 1.82) is 0 Å². The average Bonchev–Trinajstić information content (AvgIpc) is 3.16. The number of Topliss-reactive ketones (excluding diaryl/α,β-unsaturated/α-hetero) is 1. The molecule has 5 nitrogen and oxygen atoms in total. The van der Waals surface area contributed by atoms with Gasteiger partial charge in [0.15, 0.2) is 5.78 Å². The number of para-hydroxylation sites is 1. The smallest absolute Gasteiger partial charge is 0.247 e. The fraction of sp³-hybridized carbons (Fsp3) is 0.333. The van der Waals surface area contributed by atoms with Crippen molar-refractivity contribution in [3.8, 4) is 0 Å². The Kier molecular flexibility index (Phi) is 5.66. The Morgan fingerprint density at radius 2 is 1.62 bits per heavy atom. The van der Waals surface area contributed by atoms with Crippen LogP contribution in [0.25, 0.3) is 10.8 Å². The number of likely N-dealkylation sites (tertiary alicyclic amines) is 1. The maximum absolute atomic E-state index is 12.8. The number of ketones is 1. The topological polar surface area (TPSA) is 52.7 Å². The fourth-order valence-electron chi connectivity index (χ4n) is 5.15. The van der Waals surface area contributed by atoms with Gasteiger partial charge in [-0.2, -0.15) is 0 Å². The van der Waals surface area contributed by atoms with Crippen molar-refractivity contribution in [2.75, 3.05) is 31.2 Å². The molecule has 0 bridgehead atoms. The molecule has 1 N–H and O–H groups in total. The lowest BCUT2D eigenvalue weighted by Crippen LogP contribution is -2.56. The maximum Gasteiger partial charge on any atom is 0.247 e. The summed E-state index contributed by atoms with van der Waals surface area (Å²) in [7, 11) is 0. The number of carbonyl (C=O) groups excluding carboxylic acids is 2. The molecule has 3 aromatic carbocycles. The second kappa shape index (κ2) is 8.75. The third-order valence-electron chi connectivity index (χ3n) is 7.04. The van der Waals surface area contributed by atoms with E-state index in [-0.39, 0.29) is 11.7 Å². The number of nitrogens with zero attached hydrogens (tertiary/aromatic N) is 2. The summed E-state index contributed by atoms with van der Waals surface area (Å²) < 4.78 is 0. The molecular weight excluding hydrogens is 398 g/mol. The van der Waals surface area contributed by atoms with E-state index < -0.39 is 5.54 Å². The predicted octanol–water partition coefficient (Wildman–Crippen LogP) is 4.23. The molecule has 0 saturated carbocycles. The average molecular weight is 428 g/mol. The van der Waals surface area contributed by atoms with Crippen LogP contribution in [0.3, 0.4) is 0 Å². The first-order valence-electron chi connectivity index (χ1n) is 11.5. The van der Waals surface area contributed by atoms with E-state index in [0.717, 1.165) is 60.9 Å². The molecule has 164 valence electrons. The summed E-state index contributed by atoms with van der Waals surface area (Å²) in [6.45, 7) is 3.22. The number of hydrogen-bond acceptors (Lipinski definition) is 4. The van der Waals surface area contributed by atoms with Gasteiger partial charge in [0.25, 0.3) is 0 Å². The summed E-state index contributed by atoms with van der Waals surface area (Å²) in [5.74, 6) is 0.349. The summed E-state index contributed by atoms with van der Waals surface area (Å²) >= 11 is 0. The van der Waals surface area contributed by atoms with Crippen LogP contribution >= 0.6 is 0 Å². The number of fused-ring (bicyclic) bond motifs is 1. The van der Waals surface area contributed by atoms with Crippen LogP contribution in [0.1, 0.15) is 36.0 Å². The molecule has 5 heteroatoms. The minimum Gasteiger partial charge on any atom is -0.339 e. The van der Waals surface area contributed by atoms with Crippen molar-refractivity contribution in [2.45, 2.75) is 31.2 Å². The fourth-order valence-corrected chi connectivity index (χ4v) is 5.15. The molecule has 0 aromatic heterocycles. The highest BCUT2D eigenvalue weighted by molar-refractivity contribution is 6.00. The van der Waals surface area contributed by atoms with E-state index in [1.54, 1.807) is 0 Å². The monoisotopic (exact) mass is 427 g/mol. The molecule has 2 fully saturated rings. The lowest BCUT2D eigenvalue weighted by atomic mass is 9.85. The van der Waals surface area contributed by atoms with E-state index in [0.29, 0.717) is 13.1 Å². The zero-order valence-corrected chi connectivity index (χ0v) is 18.3. The summed E-state index contributed by atoms with van der Waals surface area (Å²) in [4.78, 5) is 30.1. The van der Waals surface area contributed by atoms with Crippen LogP contribution in [-0.2, 0) is 4.79 Å². The highest BCUT2D eigenvalue weighted by Crippen LogP contribution is 2.36. The van der Waals surface area contributed by atoms with E-state index in [1.807, 2.05) is 54.6 Å². The summed E-state index contributed by atoms with van der Waals surface area (Å²) in [5.41, 5.74) is 1.45. The number of amides is 1. The van der Waals surface area contributed by atoms with E-state index in [1.165, 1.54) is 0 Å². The molecule has 5 rings (SSSR count). The molecule has 0 radical (unpaired) electrons. The van der Waals surface area contributed by atoms with Crippen LogP contribution in [0.2, 0.25) is 0 Å². The quantitative estimate of drug-likeness (QED) is 0.598. The maximum atomic E-state index is 12.8. The van der Waals surface area contributed by atoms with Gasteiger partial charge in [-0.3, -0.25) is 9.59 Å². The Labute approximate surface area is 189 Å². The van der Waals surface area contributed by atoms with Gasteiger partial charge in [-0.1, -0.05) is 54.6 Å². The zero-order valence-electron chi connectivity index (χ0n) is 18.3. The van der Waals surface area contributed by atoms with Gasteiger partial charge in [0, 0.05) is 30.8 Å². The third-order valence-corrected chi connectivity index (χ3v) is 7.04. The minimum absolute atomic E-state index is 0.146. The van der Waals surface area contributed by atoms with Crippen LogP contribution in [0.15, 0.2) is 72.8 Å². The molecule has 1 amide bonds. The predicted molar refractivity (Wildman–Crippen MR) is 128 cm³/mol. The molecule has 0 atom stereocenters. The van der Waals surface area contributed by atoms with E-state index in [4.69, 9.17) is 0 Å². The summed E-state index contributed by atoms with van der Waals surface area (Å²) in [6.07, 6.45) is 3.02. The molecule has 32 heavy (non-hydrogen) atoms. The molecule has 1 spiro atoms. The molecule has 2 aliphatic rings. The third kappa shape index (κ3) is 3.89. The number of hydrogen-bond donors (Lipinski definition) is 1. The van der Waals surface area contributed by atoms with Gasteiger partial charge in [0.1, 0.15) is 5.54 Å². The Hall–Kier alpha value is -3.18. The molecule has 2 aliphatic heterocycles. The number of anilines is 1.